The topological polar surface area (TPSA) is 76.4 Å². The molecule has 13 heavy (non-hydrogen) atoms. The molecule has 0 bridgehead atoms. The Labute approximate surface area is 78.0 Å². The Bertz CT molecular complexity index is 157. The first-order valence-electron chi connectivity index (χ1n) is 4.66. The molecular formula is C8H17N3O2. The highest BCUT2D eigenvalue weighted by molar-refractivity contribution is 5.73. The molecule has 4 N–H and O–H groups in total. The molecule has 0 aromatic heterocycles. The SMILES string of the molecule is NCCNC(=O)NCC1CCCO1. The van der Waals surface area contributed by atoms with Crippen molar-refractivity contribution in [2.45, 2.75) is 18.9 Å². The first kappa shape index (κ1) is 10.3. The van der Waals surface area contributed by atoms with Crippen LogP contribution in [0.1, 0.15) is 12.8 Å². The van der Waals surface area contributed by atoms with E-state index in [-0.39, 0.29) is 12.1 Å². The Kier molecular flexibility index (Phi) is 4.56. The van der Waals surface area contributed by atoms with Crippen LogP contribution in [-0.4, -0.2) is 38.4 Å². The number of urea groups is 1. The molecule has 1 fully saturated rings. The Morgan fingerprint density at radius 3 is 3.00 bits per heavy atom. The number of hydrogen-bond acceptors (Lipinski definition) is 3. The van der Waals surface area contributed by atoms with Crippen LogP contribution in [0.3, 0.4) is 0 Å². The van der Waals surface area contributed by atoms with Crippen LogP contribution in [0.15, 0.2) is 0 Å². The number of nitrogens with one attached hydrogen (secondary N) is 2. The highest BCUT2D eigenvalue weighted by Gasteiger charge is 2.15. The average molecular weight is 187 g/mol. The van der Waals surface area contributed by atoms with Gasteiger partial charge in [0.05, 0.1) is 6.10 Å². The van der Waals surface area contributed by atoms with Crippen LogP contribution in [0.4, 0.5) is 4.79 Å². The van der Waals surface area contributed by atoms with Crippen molar-refractivity contribution in [1.29, 1.82) is 0 Å². The van der Waals surface area contributed by atoms with Crippen LogP contribution in [0, 0.1) is 0 Å². The van der Waals surface area contributed by atoms with Crippen LogP contribution in [0.2, 0.25) is 0 Å². The molecule has 0 spiro atoms. The summed E-state index contributed by atoms with van der Waals surface area (Å²) in [4.78, 5) is 11.0. The maximum Gasteiger partial charge on any atom is 0.314 e. The summed E-state index contributed by atoms with van der Waals surface area (Å²) in [6.45, 7) is 2.39. The van der Waals surface area contributed by atoms with Crippen molar-refractivity contribution in [2.24, 2.45) is 5.73 Å². The zero-order valence-electron chi connectivity index (χ0n) is 7.71. The van der Waals surface area contributed by atoms with Gasteiger partial charge in [-0.05, 0) is 12.8 Å². The van der Waals surface area contributed by atoms with Gasteiger partial charge < -0.3 is 21.1 Å². The van der Waals surface area contributed by atoms with Gasteiger partial charge in [-0.25, -0.2) is 4.79 Å². The number of carbonyl (C=O) groups excluding carboxylic acids is 1. The molecule has 0 radical (unpaired) electrons. The lowest BCUT2D eigenvalue weighted by atomic mass is 10.2. The molecule has 2 amide bonds. The maximum atomic E-state index is 11.0. The fourth-order valence-corrected chi connectivity index (χ4v) is 1.26. The number of nitrogens with two attached hydrogens (primary N) is 1. The quantitative estimate of drug-likeness (QED) is 0.551. The van der Waals surface area contributed by atoms with Crippen molar-refractivity contribution in [2.75, 3.05) is 26.2 Å². The molecule has 1 aliphatic rings. The Hall–Kier alpha value is -0.810. The second-order valence-electron chi connectivity index (χ2n) is 3.06. The predicted molar refractivity (Wildman–Crippen MR) is 49.4 cm³/mol. The zero-order chi connectivity index (χ0) is 9.52. The number of rotatable bonds is 4. The van der Waals surface area contributed by atoms with Gasteiger partial charge in [-0.2, -0.15) is 0 Å². The Balaban J connectivity index is 2.00. The van der Waals surface area contributed by atoms with Gasteiger partial charge >= 0.3 is 6.03 Å². The van der Waals surface area contributed by atoms with Gasteiger partial charge in [0, 0.05) is 26.2 Å². The van der Waals surface area contributed by atoms with Crippen LogP contribution < -0.4 is 16.4 Å². The van der Waals surface area contributed by atoms with E-state index >= 15 is 0 Å². The summed E-state index contributed by atoms with van der Waals surface area (Å²) in [5.41, 5.74) is 5.23. The number of carbonyl (C=O) groups is 1. The fourth-order valence-electron chi connectivity index (χ4n) is 1.26. The molecule has 0 aromatic carbocycles. The monoisotopic (exact) mass is 187 g/mol. The summed E-state index contributed by atoms with van der Waals surface area (Å²) in [6, 6.07) is -0.166. The van der Waals surface area contributed by atoms with Crippen LogP contribution in [0.5, 0.6) is 0 Å². The van der Waals surface area contributed by atoms with E-state index in [1.807, 2.05) is 0 Å². The van der Waals surface area contributed by atoms with Crippen LogP contribution >= 0.6 is 0 Å². The van der Waals surface area contributed by atoms with Gasteiger partial charge in [0.25, 0.3) is 0 Å². The molecule has 1 aliphatic heterocycles. The molecule has 1 saturated heterocycles. The molecule has 1 unspecified atom stereocenters. The predicted octanol–water partition coefficient (Wildman–Crippen LogP) is -0.577. The first-order chi connectivity index (χ1) is 6.33. The molecule has 0 aliphatic carbocycles. The van der Waals surface area contributed by atoms with Gasteiger partial charge in [0.2, 0.25) is 0 Å². The van der Waals surface area contributed by atoms with Crippen molar-refractivity contribution >= 4 is 6.03 Å². The normalized spacial score (nSPS) is 21.5. The average Bonchev–Trinajstić information content (AvgIpc) is 2.64. The van der Waals surface area contributed by atoms with E-state index in [0.29, 0.717) is 19.6 Å². The van der Waals surface area contributed by atoms with Gasteiger partial charge in [0.15, 0.2) is 0 Å². The van der Waals surface area contributed by atoms with E-state index in [0.717, 1.165) is 19.4 Å². The molecule has 1 rings (SSSR count). The Morgan fingerprint density at radius 2 is 2.38 bits per heavy atom. The summed E-state index contributed by atoms with van der Waals surface area (Å²) >= 11 is 0. The van der Waals surface area contributed by atoms with E-state index in [4.69, 9.17) is 10.5 Å². The van der Waals surface area contributed by atoms with E-state index in [1.54, 1.807) is 0 Å². The standard InChI is InChI=1S/C8H17N3O2/c9-3-4-10-8(12)11-6-7-2-1-5-13-7/h7H,1-6,9H2,(H2,10,11,12). The zero-order valence-corrected chi connectivity index (χ0v) is 7.71. The van der Waals surface area contributed by atoms with Crippen molar-refractivity contribution in [3.63, 3.8) is 0 Å². The Morgan fingerprint density at radius 1 is 1.54 bits per heavy atom. The summed E-state index contributed by atoms with van der Waals surface area (Å²) in [7, 11) is 0. The highest BCUT2D eigenvalue weighted by Crippen LogP contribution is 2.10. The summed E-state index contributed by atoms with van der Waals surface area (Å²) in [6.07, 6.45) is 2.33. The summed E-state index contributed by atoms with van der Waals surface area (Å²) in [5.74, 6) is 0. The molecule has 5 heteroatoms. The second kappa shape index (κ2) is 5.77. The highest BCUT2D eigenvalue weighted by atomic mass is 16.5. The van der Waals surface area contributed by atoms with Crippen molar-refractivity contribution in [3.8, 4) is 0 Å². The van der Waals surface area contributed by atoms with E-state index in [2.05, 4.69) is 10.6 Å². The number of amides is 2. The number of hydrogen-bond donors (Lipinski definition) is 3. The molecule has 1 heterocycles. The maximum absolute atomic E-state index is 11.0. The molecule has 1 atom stereocenters. The van der Waals surface area contributed by atoms with Crippen molar-refractivity contribution in [1.82, 2.24) is 10.6 Å². The minimum atomic E-state index is -0.166. The molecule has 0 saturated carbocycles. The lowest BCUT2D eigenvalue weighted by Gasteiger charge is -2.10. The van der Waals surface area contributed by atoms with Crippen LogP contribution in [0.25, 0.3) is 0 Å². The van der Waals surface area contributed by atoms with Crippen molar-refractivity contribution in [3.05, 3.63) is 0 Å². The van der Waals surface area contributed by atoms with E-state index in [9.17, 15) is 4.79 Å². The molecular weight excluding hydrogens is 170 g/mol. The van der Waals surface area contributed by atoms with E-state index < -0.39 is 0 Å². The van der Waals surface area contributed by atoms with Crippen molar-refractivity contribution < 1.29 is 9.53 Å². The van der Waals surface area contributed by atoms with Gasteiger partial charge in [0.1, 0.15) is 0 Å². The minimum Gasteiger partial charge on any atom is -0.376 e. The van der Waals surface area contributed by atoms with Gasteiger partial charge in [-0.1, -0.05) is 0 Å². The van der Waals surface area contributed by atoms with Crippen LogP contribution in [-0.2, 0) is 4.74 Å². The number of ether oxygens (including phenoxy) is 1. The first-order valence-corrected chi connectivity index (χ1v) is 4.66. The largest absolute Gasteiger partial charge is 0.376 e. The summed E-state index contributed by atoms with van der Waals surface area (Å²) < 4.78 is 5.34. The molecule has 0 aromatic rings. The molecule has 5 nitrogen and oxygen atoms in total. The third kappa shape index (κ3) is 4.10. The third-order valence-electron chi connectivity index (χ3n) is 1.94. The van der Waals surface area contributed by atoms with Gasteiger partial charge in [-0.15, -0.1) is 0 Å². The van der Waals surface area contributed by atoms with Gasteiger partial charge in [-0.3, -0.25) is 0 Å². The smallest absolute Gasteiger partial charge is 0.314 e. The fraction of sp³-hybridized carbons (Fsp3) is 0.875. The molecule has 76 valence electrons. The third-order valence-corrected chi connectivity index (χ3v) is 1.94. The lowest BCUT2D eigenvalue weighted by molar-refractivity contribution is 0.111. The summed E-state index contributed by atoms with van der Waals surface area (Å²) in [5, 5.41) is 5.35. The minimum absolute atomic E-state index is 0.166. The lowest BCUT2D eigenvalue weighted by Crippen LogP contribution is -2.41. The second-order valence-corrected chi connectivity index (χ2v) is 3.06. The van der Waals surface area contributed by atoms with E-state index in [1.165, 1.54) is 0 Å².